The quantitative estimate of drug-likeness (QED) is 0.871. The average Bonchev–Trinajstić information content (AvgIpc) is 2.27. The first-order valence-electron chi connectivity index (χ1n) is 6.56. The normalized spacial score (nSPS) is 19.1. The Morgan fingerprint density at radius 2 is 2.17 bits per heavy atom. The van der Waals surface area contributed by atoms with Crippen LogP contribution < -0.4 is 10.5 Å². The maximum atomic E-state index is 5.88. The molecule has 2 rings (SSSR count). The van der Waals surface area contributed by atoms with Gasteiger partial charge in [-0.25, -0.2) is 0 Å². The van der Waals surface area contributed by atoms with Crippen LogP contribution in [0, 0.1) is 6.92 Å². The molecule has 0 bridgehead atoms. The van der Waals surface area contributed by atoms with E-state index >= 15 is 0 Å². The number of ether oxygens (including phenoxy) is 2. The van der Waals surface area contributed by atoms with Crippen molar-refractivity contribution in [1.82, 2.24) is 0 Å². The van der Waals surface area contributed by atoms with Gasteiger partial charge in [-0.2, -0.15) is 0 Å². The molecule has 0 spiro atoms. The van der Waals surface area contributed by atoms with E-state index in [1.807, 2.05) is 0 Å². The second-order valence-electron chi connectivity index (χ2n) is 5.49. The van der Waals surface area contributed by atoms with Gasteiger partial charge >= 0.3 is 0 Å². The lowest BCUT2D eigenvalue weighted by Gasteiger charge is -2.43. The minimum atomic E-state index is 0.102. The summed E-state index contributed by atoms with van der Waals surface area (Å²) >= 11 is 0. The molecule has 0 aromatic heterocycles. The standard InChI is InChI=1S/C15H23NO2/c1-11-4-5-14(17-3)13(8-11)15(9-18-10-15)7-6-12(2)16/h4-5,8,12H,6-7,9-10,16H2,1-3H3. The highest BCUT2D eigenvalue weighted by molar-refractivity contribution is 5.43. The van der Waals surface area contributed by atoms with Crippen molar-refractivity contribution >= 4 is 0 Å². The van der Waals surface area contributed by atoms with Gasteiger partial charge in [-0.15, -0.1) is 0 Å². The van der Waals surface area contributed by atoms with E-state index in [-0.39, 0.29) is 11.5 Å². The van der Waals surface area contributed by atoms with Gasteiger partial charge in [0, 0.05) is 17.0 Å². The molecule has 1 aliphatic rings. The molecule has 0 aliphatic carbocycles. The summed E-state index contributed by atoms with van der Waals surface area (Å²) in [4.78, 5) is 0. The highest BCUT2D eigenvalue weighted by Gasteiger charge is 2.42. The summed E-state index contributed by atoms with van der Waals surface area (Å²) < 4.78 is 11.0. The van der Waals surface area contributed by atoms with Crippen LogP contribution in [0.5, 0.6) is 5.75 Å². The lowest BCUT2D eigenvalue weighted by Crippen LogP contribution is -2.47. The first kappa shape index (κ1) is 13.4. The van der Waals surface area contributed by atoms with Crippen molar-refractivity contribution < 1.29 is 9.47 Å². The monoisotopic (exact) mass is 249 g/mol. The zero-order valence-corrected chi connectivity index (χ0v) is 11.5. The Balaban J connectivity index is 2.28. The van der Waals surface area contributed by atoms with E-state index in [4.69, 9.17) is 15.2 Å². The third-order valence-corrected chi connectivity index (χ3v) is 3.76. The fourth-order valence-corrected chi connectivity index (χ4v) is 2.52. The lowest BCUT2D eigenvalue weighted by molar-refractivity contribution is -0.0665. The predicted octanol–water partition coefficient (Wildman–Crippen LogP) is 2.40. The summed E-state index contributed by atoms with van der Waals surface area (Å²) in [5.41, 5.74) is 8.52. The molecule has 0 saturated carbocycles. The molecule has 100 valence electrons. The van der Waals surface area contributed by atoms with Crippen molar-refractivity contribution in [1.29, 1.82) is 0 Å². The number of hydrogen-bond donors (Lipinski definition) is 1. The molecular formula is C15H23NO2. The van der Waals surface area contributed by atoms with Gasteiger partial charge in [0.05, 0.1) is 20.3 Å². The average molecular weight is 249 g/mol. The van der Waals surface area contributed by atoms with Crippen LogP contribution in [-0.2, 0) is 10.2 Å². The highest BCUT2D eigenvalue weighted by Crippen LogP contribution is 2.42. The van der Waals surface area contributed by atoms with E-state index in [2.05, 4.69) is 32.0 Å². The van der Waals surface area contributed by atoms with Crippen LogP contribution >= 0.6 is 0 Å². The van der Waals surface area contributed by atoms with Crippen LogP contribution in [0.2, 0.25) is 0 Å². The van der Waals surface area contributed by atoms with Gasteiger partial charge in [-0.05, 0) is 32.8 Å². The van der Waals surface area contributed by atoms with E-state index < -0.39 is 0 Å². The van der Waals surface area contributed by atoms with Crippen molar-refractivity contribution in [3.63, 3.8) is 0 Å². The lowest BCUT2D eigenvalue weighted by atomic mass is 9.73. The number of aryl methyl sites for hydroxylation is 1. The van der Waals surface area contributed by atoms with Gasteiger partial charge < -0.3 is 15.2 Å². The molecule has 0 radical (unpaired) electrons. The van der Waals surface area contributed by atoms with Crippen molar-refractivity contribution in [2.75, 3.05) is 20.3 Å². The fourth-order valence-electron chi connectivity index (χ4n) is 2.52. The Kier molecular flexibility index (Phi) is 3.93. The Bertz CT molecular complexity index is 411. The molecule has 1 fully saturated rings. The number of benzene rings is 1. The predicted molar refractivity (Wildman–Crippen MR) is 73.1 cm³/mol. The second-order valence-corrected chi connectivity index (χ2v) is 5.49. The number of hydrogen-bond acceptors (Lipinski definition) is 3. The van der Waals surface area contributed by atoms with E-state index in [0.29, 0.717) is 0 Å². The van der Waals surface area contributed by atoms with E-state index in [1.54, 1.807) is 7.11 Å². The maximum Gasteiger partial charge on any atom is 0.122 e. The fraction of sp³-hybridized carbons (Fsp3) is 0.600. The summed E-state index contributed by atoms with van der Waals surface area (Å²) in [5, 5.41) is 0. The summed E-state index contributed by atoms with van der Waals surface area (Å²) in [6, 6.07) is 6.60. The van der Waals surface area contributed by atoms with Crippen molar-refractivity contribution in [2.24, 2.45) is 5.73 Å². The SMILES string of the molecule is COc1ccc(C)cc1C1(CCC(C)N)COC1. The summed E-state index contributed by atoms with van der Waals surface area (Å²) in [7, 11) is 1.73. The van der Waals surface area contributed by atoms with Crippen LogP contribution in [-0.4, -0.2) is 26.4 Å². The third kappa shape index (κ3) is 2.52. The van der Waals surface area contributed by atoms with Gasteiger partial charge in [0.25, 0.3) is 0 Å². The van der Waals surface area contributed by atoms with Crippen LogP contribution in [0.3, 0.4) is 0 Å². The molecule has 1 saturated heterocycles. The van der Waals surface area contributed by atoms with Crippen LogP contribution in [0.1, 0.15) is 30.9 Å². The smallest absolute Gasteiger partial charge is 0.122 e. The van der Waals surface area contributed by atoms with Crippen molar-refractivity contribution in [3.8, 4) is 5.75 Å². The molecule has 0 amide bonds. The first-order chi connectivity index (χ1) is 8.57. The van der Waals surface area contributed by atoms with Gasteiger partial charge in [-0.3, -0.25) is 0 Å². The summed E-state index contributed by atoms with van der Waals surface area (Å²) in [6.45, 7) is 5.72. The van der Waals surface area contributed by atoms with Gasteiger partial charge in [0.2, 0.25) is 0 Å². The first-order valence-corrected chi connectivity index (χ1v) is 6.56. The molecule has 3 nitrogen and oxygen atoms in total. The third-order valence-electron chi connectivity index (χ3n) is 3.76. The van der Waals surface area contributed by atoms with Crippen molar-refractivity contribution in [3.05, 3.63) is 29.3 Å². The Labute approximate surface area is 109 Å². The van der Waals surface area contributed by atoms with Crippen LogP contribution in [0.15, 0.2) is 18.2 Å². The van der Waals surface area contributed by atoms with Crippen molar-refractivity contribution in [2.45, 2.75) is 38.1 Å². The molecule has 2 N–H and O–H groups in total. The minimum absolute atomic E-state index is 0.102. The highest BCUT2D eigenvalue weighted by atomic mass is 16.5. The number of rotatable bonds is 5. The molecule has 3 heteroatoms. The zero-order chi connectivity index (χ0) is 13.2. The molecular weight excluding hydrogens is 226 g/mol. The van der Waals surface area contributed by atoms with Gasteiger partial charge in [0.15, 0.2) is 0 Å². The number of methoxy groups -OCH3 is 1. The van der Waals surface area contributed by atoms with Gasteiger partial charge in [0.1, 0.15) is 5.75 Å². The second kappa shape index (κ2) is 5.29. The number of nitrogens with two attached hydrogens (primary N) is 1. The van der Waals surface area contributed by atoms with E-state index in [0.717, 1.165) is 31.8 Å². The maximum absolute atomic E-state index is 5.88. The van der Waals surface area contributed by atoms with E-state index in [9.17, 15) is 0 Å². The largest absolute Gasteiger partial charge is 0.496 e. The van der Waals surface area contributed by atoms with E-state index in [1.165, 1.54) is 11.1 Å². The topological polar surface area (TPSA) is 44.5 Å². The molecule has 1 heterocycles. The zero-order valence-electron chi connectivity index (χ0n) is 11.5. The summed E-state index contributed by atoms with van der Waals surface area (Å²) in [6.07, 6.45) is 2.07. The molecule has 1 aromatic carbocycles. The Morgan fingerprint density at radius 3 is 2.67 bits per heavy atom. The van der Waals surface area contributed by atoms with Crippen LogP contribution in [0.4, 0.5) is 0 Å². The van der Waals surface area contributed by atoms with Crippen LogP contribution in [0.25, 0.3) is 0 Å². The molecule has 1 aromatic rings. The molecule has 1 atom stereocenters. The molecule has 1 aliphatic heterocycles. The minimum Gasteiger partial charge on any atom is -0.496 e. The summed E-state index contributed by atoms with van der Waals surface area (Å²) in [5.74, 6) is 0.966. The Morgan fingerprint density at radius 1 is 1.44 bits per heavy atom. The Hall–Kier alpha value is -1.06. The molecule has 18 heavy (non-hydrogen) atoms. The molecule has 1 unspecified atom stereocenters. The van der Waals surface area contributed by atoms with Gasteiger partial charge in [-0.1, -0.05) is 17.7 Å².